The molecule has 0 aliphatic carbocycles. The topological polar surface area (TPSA) is 64.7 Å². The summed E-state index contributed by atoms with van der Waals surface area (Å²) in [5.41, 5.74) is 8.41. The average Bonchev–Trinajstić information content (AvgIpc) is 3.74. The summed E-state index contributed by atoms with van der Waals surface area (Å²) in [6, 6.07) is 49.3. The monoisotopic (exact) mass is 608 g/mol. The Hall–Kier alpha value is -5.98. The van der Waals surface area contributed by atoms with Crippen LogP contribution in [0.25, 0.3) is 88.0 Å². The molecule has 0 bridgehead atoms. The summed E-state index contributed by atoms with van der Waals surface area (Å²) in [7, 11) is 0. The van der Waals surface area contributed by atoms with E-state index in [2.05, 4.69) is 54.6 Å². The van der Waals surface area contributed by atoms with Gasteiger partial charge in [0, 0.05) is 33.0 Å². The van der Waals surface area contributed by atoms with Gasteiger partial charge in [-0.3, -0.25) is 0 Å². The van der Waals surface area contributed by atoms with E-state index in [1.165, 1.54) is 0 Å². The molecule has 0 fully saturated rings. The third kappa shape index (κ3) is 4.55. The average molecular weight is 609 g/mol. The molecule has 0 spiro atoms. The van der Waals surface area contributed by atoms with Gasteiger partial charge >= 0.3 is 0 Å². The van der Waals surface area contributed by atoms with E-state index in [9.17, 15) is 0 Å². The van der Waals surface area contributed by atoms with E-state index in [0.29, 0.717) is 17.5 Å². The minimum atomic E-state index is 0.566. The molecular weight excluding hydrogens is 585 g/mol. The Morgan fingerprint density at radius 2 is 0.957 bits per heavy atom. The summed E-state index contributed by atoms with van der Waals surface area (Å²) in [5.74, 6) is 1.80. The van der Waals surface area contributed by atoms with E-state index in [0.717, 1.165) is 70.5 Å². The summed E-state index contributed by atoms with van der Waals surface area (Å²) in [6.07, 6.45) is 0. The molecule has 3 aromatic heterocycles. The molecule has 6 heteroatoms. The summed E-state index contributed by atoms with van der Waals surface area (Å²) < 4.78 is 7.94. The molecule has 0 amide bonds. The number of rotatable bonds is 5. The van der Waals surface area contributed by atoms with Crippen molar-refractivity contribution in [1.82, 2.24) is 19.9 Å². The number of para-hydroxylation sites is 2. The normalized spacial score (nSPS) is 11.5. The minimum Gasteiger partial charge on any atom is -0.455 e. The van der Waals surface area contributed by atoms with E-state index >= 15 is 0 Å². The molecule has 0 atom stereocenters. The number of furan rings is 1. The zero-order chi connectivity index (χ0) is 30.5. The highest BCUT2D eigenvalue weighted by molar-refractivity contribution is 7.21. The SMILES string of the molecule is c1ccc(-c2nc(-c3ccccc3)nc(-c3cccc4c3oc3c(-c5ccc6sc(-c7ccccc7)nc6c5)cccc34)n2)cc1. The largest absolute Gasteiger partial charge is 0.455 e. The quantitative estimate of drug-likeness (QED) is 0.194. The van der Waals surface area contributed by atoms with Crippen LogP contribution >= 0.6 is 11.3 Å². The Morgan fingerprint density at radius 3 is 1.59 bits per heavy atom. The van der Waals surface area contributed by atoms with Gasteiger partial charge in [0.05, 0.1) is 15.8 Å². The van der Waals surface area contributed by atoms with Gasteiger partial charge in [-0.1, -0.05) is 127 Å². The zero-order valence-electron chi connectivity index (χ0n) is 24.5. The third-order valence-corrected chi connectivity index (χ3v) is 9.27. The van der Waals surface area contributed by atoms with Crippen molar-refractivity contribution in [3.05, 3.63) is 146 Å². The van der Waals surface area contributed by atoms with Gasteiger partial charge in [-0.15, -0.1) is 11.3 Å². The van der Waals surface area contributed by atoms with Crippen molar-refractivity contribution in [3.63, 3.8) is 0 Å². The number of benzene rings is 6. The van der Waals surface area contributed by atoms with Gasteiger partial charge < -0.3 is 4.42 Å². The van der Waals surface area contributed by atoms with Gasteiger partial charge in [0.1, 0.15) is 16.2 Å². The molecule has 46 heavy (non-hydrogen) atoms. The maximum absolute atomic E-state index is 6.78. The number of nitrogens with zero attached hydrogens (tertiary/aromatic N) is 4. The van der Waals surface area contributed by atoms with E-state index in [1.54, 1.807) is 11.3 Å². The molecule has 9 aromatic rings. The maximum atomic E-state index is 6.78. The number of hydrogen-bond acceptors (Lipinski definition) is 6. The first-order chi connectivity index (χ1) is 22.8. The van der Waals surface area contributed by atoms with Crippen LogP contribution in [-0.2, 0) is 0 Å². The molecule has 0 saturated heterocycles. The number of aromatic nitrogens is 4. The highest BCUT2D eigenvalue weighted by Crippen LogP contribution is 2.41. The van der Waals surface area contributed by atoms with Gasteiger partial charge in [-0.25, -0.2) is 19.9 Å². The fourth-order valence-electron chi connectivity index (χ4n) is 5.95. The molecule has 0 aliphatic heterocycles. The lowest BCUT2D eigenvalue weighted by Crippen LogP contribution is -2.00. The Labute approximate surface area is 268 Å². The second-order valence-electron chi connectivity index (χ2n) is 11.1. The first-order valence-electron chi connectivity index (χ1n) is 15.1. The molecule has 0 unspecified atom stereocenters. The van der Waals surface area contributed by atoms with Crippen LogP contribution in [0.3, 0.4) is 0 Å². The van der Waals surface area contributed by atoms with Crippen LogP contribution in [0.4, 0.5) is 0 Å². The van der Waals surface area contributed by atoms with Crippen LogP contribution in [-0.4, -0.2) is 19.9 Å². The van der Waals surface area contributed by atoms with Gasteiger partial charge in [0.15, 0.2) is 17.5 Å². The summed E-state index contributed by atoms with van der Waals surface area (Å²) >= 11 is 1.71. The zero-order valence-corrected chi connectivity index (χ0v) is 25.3. The Bertz CT molecular complexity index is 2470. The number of hydrogen-bond donors (Lipinski definition) is 0. The Morgan fingerprint density at radius 1 is 0.413 bits per heavy atom. The van der Waals surface area contributed by atoms with Crippen LogP contribution < -0.4 is 0 Å². The van der Waals surface area contributed by atoms with Crippen molar-refractivity contribution in [2.45, 2.75) is 0 Å². The van der Waals surface area contributed by atoms with Gasteiger partial charge in [0.2, 0.25) is 0 Å². The van der Waals surface area contributed by atoms with Crippen molar-refractivity contribution >= 4 is 43.5 Å². The lowest BCUT2D eigenvalue weighted by molar-refractivity contribution is 0.670. The van der Waals surface area contributed by atoms with E-state index < -0.39 is 0 Å². The Balaban J connectivity index is 1.21. The van der Waals surface area contributed by atoms with Crippen LogP contribution in [0.1, 0.15) is 0 Å². The van der Waals surface area contributed by atoms with Gasteiger partial charge in [0.25, 0.3) is 0 Å². The van der Waals surface area contributed by atoms with E-state index in [1.807, 2.05) is 91.0 Å². The highest BCUT2D eigenvalue weighted by atomic mass is 32.1. The molecule has 0 N–H and O–H groups in total. The molecule has 9 rings (SSSR count). The molecule has 216 valence electrons. The predicted octanol–water partition coefficient (Wildman–Crippen LogP) is 10.7. The summed E-state index contributed by atoms with van der Waals surface area (Å²) in [6.45, 7) is 0. The van der Waals surface area contributed by atoms with Crippen molar-refractivity contribution in [2.24, 2.45) is 0 Å². The first-order valence-corrected chi connectivity index (χ1v) is 15.9. The molecule has 3 heterocycles. The smallest absolute Gasteiger partial charge is 0.167 e. The Kier molecular flexibility index (Phi) is 6.25. The lowest BCUT2D eigenvalue weighted by atomic mass is 10.0. The minimum absolute atomic E-state index is 0.566. The highest BCUT2D eigenvalue weighted by Gasteiger charge is 2.19. The van der Waals surface area contributed by atoms with Gasteiger partial charge in [-0.05, 0) is 23.8 Å². The molecular formula is C40H24N4OS. The standard InChI is InChI=1S/C40H24N4OS/c1-4-12-25(13-5-1)37-42-38(26-14-6-2-7-15-26)44-39(43-37)32-21-11-20-31-30-19-10-18-29(35(30)45-36(31)32)28-22-23-34-33(24-28)41-40(46-34)27-16-8-3-9-17-27/h1-24H. The summed E-state index contributed by atoms with van der Waals surface area (Å²) in [5, 5.41) is 3.07. The fraction of sp³-hybridized carbons (Fsp3) is 0. The van der Waals surface area contributed by atoms with Crippen LogP contribution in [0, 0.1) is 0 Å². The maximum Gasteiger partial charge on any atom is 0.167 e. The predicted molar refractivity (Wildman–Crippen MR) is 187 cm³/mol. The molecule has 5 nitrogen and oxygen atoms in total. The van der Waals surface area contributed by atoms with E-state index in [4.69, 9.17) is 24.4 Å². The number of thiazole rings is 1. The third-order valence-electron chi connectivity index (χ3n) is 8.18. The number of fused-ring (bicyclic) bond motifs is 4. The first kappa shape index (κ1) is 26.4. The second-order valence-corrected chi connectivity index (χ2v) is 12.1. The fourth-order valence-corrected chi connectivity index (χ4v) is 6.90. The van der Waals surface area contributed by atoms with Crippen LogP contribution in [0.2, 0.25) is 0 Å². The molecule has 0 saturated carbocycles. The van der Waals surface area contributed by atoms with Crippen LogP contribution in [0.5, 0.6) is 0 Å². The lowest BCUT2D eigenvalue weighted by Gasteiger charge is -2.08. The van der Waals surface area contributed by atoms with Gasteiger partial charge in [-0.2, -0.15) is 0 Å². The molecule has 0 radical (unpaired) electrons. The molecule has 6 aromatic carbocycles. The van der Waals surface area contributed by atoms with Crippen LogP contribution in [0.15, 0.2) is 150 Å². The van der Waals surface area contributed by atoms with Crippen molar-refractivity contribution in [3.8, 4) is 55.9 Å². The van der Waals surface area contributed by atoms with Crippen molar-refractivity contribution in [1.29, 1.82) is 0 Å². The second kappa shape index (κ2) is 10.9. The van der Waals surface area contributed by atoms with E-state index in [-0.39, 0.29) is 0 Å². The van der Waals surface area contributed by atoms with Crippen molar-refractivity contribution < 1.29 is 4.42 Å². The molecule has 0 aliphatic rings. The van der Waals surface area contributed by atoms with Crippen molar-refractivity contribution in [2.75, 3.05) is 0 Å². The summed E-state index contributed by atoms with van der Waals surface area (Å²) in [4.78, 5) is 19.8.